The van der Waals surface area contributed by atoms with Gasteiger partial charge in [0.1, 0.15) is 0 Å². The molecule has 0 amide bonds. The number of rotatable bonds is 5. The number of halogens is 1. The van der Waals surface area contributed by atoms with Crippen LogP contribution in [0.2, 0.25) is 0 Å². The summed E-state index contributed by atoms with van der Waals surface area (Å²) in [5, 5.41) is 3.27. The highest BCUT2D eigenvalue weighted by Crippen LogP contribution is 2.20. The molecule has 1 N–H and O–H groups in total. The summed E-state index contributed by atoms with van der Waals surface area (Å²) in [6.45, 7) is 2.47. The van der Waals surface area contributed by atoms with E-state index in [4.69, 9.17) is 4.74 Å². The molecule has 1 aromatic carbocycles. The van der Waals surface area contributed by atoms with E-state index in [1.165, 1.54) is 7.11 Å². The third-order valence-electron chi connectivity index (χ3n) is 3.05. The number of pyridine rings is 1. The second kappa shape index (κ2) is 6.29. The van der Waals surface area contributed by atoms with Gasteiger partial charge < -0.3 is 10.1 Å². The van der Waals surface area contributed by atoms with Crippen molar-refractivity contribution in [2.45, 2.75) is 19.5 Å². The first-order chi connectivity index (χ1) is 9.22. The van der Waals surface area contributed by atoms with Gasteiger partial charge in [-0.15, -0.1) is 0 Å². The van der Waals surface area contributed by atoms with Crippen LogP contribution in [-0.4, -0.2) is 12.1 Å². The Labute approximate surface area is 112 Å². The van der Waals surface area contributed by atoms with Crippen LogP contribution in [0.15, 0.2) is 42.7 Å². The predicted octanol–water partition coefficient (Wildman–Crippen LogP) is 3.08. The first-order valence-electron chi connectivity index (χ1n) is 6.17. The molecule has 2 aromatic rings. The Hall–Kier alpha value is -1.94. The van der Waals surface area contributed by atoms with Crippen molar-refractivity contribution in [3.8, 4) is 5.75 Å². The van der Waals surface area contributed by atoms with E-state index in [0.29, 0.717) is 12.1 Å². The SMILES string of the molecule is COc1cccc(CN[C@H](C)c2cccnc2)c1F. The molecule has 0 fully saturated rings. The van der Waals surface area contributed by atoms with Crippen LogP contribution in [-0.2, 0) is 6.54 Å². The molecule has 100 valence electrons. The highest BCUT2D eigenvalue weighted by atomic mass is 19.1. The minimum absolute atomic E-state index is 0.110. The zero-order valence-corrected chi connectivity index (χ0v) is 11.1. The molecule has 3 nitrogen and oxygen atoms in total. The van der Waals surface area contributed by atoms with Crippen LogP contribution in [0.3, 0.4) is 0 Å². The highest BCUT2D eigenvalue weighted by molar-refractivity contribution is 5.31. The number of nitrogens with zero attached hydrogens (tertiary/aromatic N) is 1. The minimum atomic E-state index is -0.309. The standard InChI is InChI=1S/C15H17FN2O/c1-11(12-6-4-8-17-9-12)18-10-13-5-3-7-14(19-2)15(13)16/h3-9,11,18H,10H2,1-2H3/t11-/m1/s1. The first-order valence-corrected chi connectivity index (χ1v) is 6.17. The summed E-state index contributed by atoms with van der Waals surface area (Å²) in [7, 11) is 1.47. The Balaban J connectivity index is 2.03. The summed E-state index contributed by atoms with van der Waals surface area (Å²) >= 11 is 0. The predicted molar refractivity (Wildman–Crippen MR) is 72.4 cm³/mol. The second-order valence-electron chi connectivity index (χ2n) is 4.32. The third-order valence-corrected chi connectivity index (χ3v) is 3.05. The first kappa shape index (κ1) is 13.5. The normalized spacial score (nSPS) is 12.2. The molecular weight excluding hydrogens is 243 g/mol. The van der Waals surface area contributed by atoms with Gasteiger partial charge in [-0.25, -0.2) is 4.39 Å². The molecule has 1 heterocycles. The van der Waals surface area contributed by atoms with Crippen molar-refractivity contribution in [1.29, 1.82) is 0 Å². The largest absolute Gasteiger partial charge is 0.494 e. The number of nitrogens with one attached hydrogen (secondary N) is 1. The van der Waals surface area contributed by atoms with Crippen LogP contribution in [0, 0.1) is 5.82 Å². The summed E-state index contributed by atoms with van der Waals surface area (Å²) in [5.41, 5.74) is 1.67. The summed E-state index contributed by atoms with van der Waals surface area (Å²) in [5.74, 6) is -0.0378. The Kier molecular flexibility index (Phi) is 4.47. The van der Waals surface area contributed by atoms with Crippen LogP contribution >= 0.6 is 0 Å². The molecule has 0 saturated heterocycles. The summed E-state index contributed by atoms with van der Waals surface area (Å²) in [6.07, 6.45) is 3.54. The fourth-order valence-corrected chi connectivity index (χ4v) is 1.86. The van der Waals surface area contributed by atoms with Crippen molar-refractivity contribution in [1.82, 2.24) is 10.3 Å². The molecule has 0 unspecified atom stereocenters. The number of hydrogen-bond donors (Lipinski definition) is 1. The van der Waals surface area contributed by atoms with Gasteiger partial charge >= 0.3 is 0 Å². The molecule has 1 aromatic heterocycles. The van der Waals surface area contributed by atoms with Gasteiger partial charge in [0.15, 0.2) is 11.6 Å². The number of methoxy groups -OCH3 is 1. The summed E-state index contributed by atoms with van der Waals surface area (Å²) < 4.78 is 18.9. The number of aromatic nitrogens is 1. The molecule has 2 rings (SSSR count). The molecule has 0 saturated carbocycles. The quantitative estimate of drug-likeness (QED) is 0.897. The van der Waals surface area contributed by atoms with E-state index in [1.807, 2.05) is 19.1 Å². The van der Waals surface area contributed by atoms with Crippen molar-refractivity contribution in [3.63, 3.8) is 0 Å². The summed E-state index contributed by atoms with van der Waals surface area (Å²) in [6, 6.07) is 9.14. The molecule has 0 spiro atoms. The number of benzene rings is 1. The average molecular weight is 260 g/mol. The lowest BCUT2D eigenvalue weighted by Gasteiger charge is -2.14. The lowest BCUT2D eigenvalue weighted by Crippen LogP contribution is -2.19. The molecule has 1 atom stereocenters. The Morgan fingerprint density at radius 3 is 2.84 bits per heavy atom. The van der Waals surface area contributed by atoms with Crippen LogP contribution in [0.5, 0.6) is 5.75 Å². The van der Waals surface area contributed by atoms with Crippen molar-refractivity contribution in [2.75, 3.05) is 7.11 Å². The van der Waals surface area contributed by atoms with Gasteiger partial charge in [0, 0.05) is 30.5 Å². The molecule has 0 aliphatic heterocycles. The van der Waals surface area contributed by atoms with Crippen molar-refractivity contribution >= 4 is 0 Å². The molecule has 0 aliphatic carbocycles. The Bertz CT molecular complexity index is 531. The van der Waals surface area contributed by atoms with Gasteiger partial charge in [-0.05, 0) is 24.6 Å². The molecule has 0 radical (unpaired) electrons. The highest BCUT2D eigenvalue weighted by Gasteiger charge is 2.10. The fraction of sp³-hybridized carbons (Fsp3) is 0.267. The van der Waals surface area contributed by atoms with Crippen molar-refractivity contribution in [2.24, 2.45) is 0 Å². The van der Waals surface area contributed by atoms with E-state index in [2.05, 4.69) is 10.3 Å². The van der Waals surface area contributed by atoms with E-state index >= 15 is 0 Å². The fourth-order valence-electron chi connectivity index (χ4n) is 1.86. The van der Waals surface area contributed by atoms with Crippen molar-refractivity contribution < 1.29 is 9.13 Å². The van der Waals surface area contributed by atoms with E-state index in [0.717, 1.165) is 5.56 Å². The maximum Gasteiger partial charge on any atom is 0.169 e. The number of ether oxygens (including phenoxy) is 1. The molecule has 0 bridgehead atoms. The number of hydrogen-bond acceptors (Lipinski definition) is 3. The van der Waals surface area contributed by atoms with Gasteiger partial charge in [0.25, 0.3) is 0 Å². The lowest BCUT2D eigenvalue weighted by atomic mass is 10.1. The van der Waals surface area contributed by atoms with Crippen LogP contribution < -0.4 is 10.1 Å². The van der Waals surface area contributed by atoms with Gasteiger partial charge in [-0.1, -0.05) is 18.2 Å². The maximum absolute atomic E-state index is 13.9. The van der Waals surface area contributed by atoms with Gasteiger partial charge in [-0.3, -0.25) is 4.98 Å². The Morgan fingerprint density at radius 1 is 1.32 bits per heavy atom. The molecular formula is C15H17FN2O. The van der Waals surface area contributed by atoms with Gasteiger partial charge in [-0.2, -0.15) is 0 Å². The minimum Gasteiger partial charge on any atom is -0.494 e. The monoisotopic (exact) mass is 260 g/mol. The zero-order chi connectivity index (χ0) is 13.7. The van der Waals surface area contributed by atoms with E-state index in [-0.39, 0.29) is 17.6 Å². The van der Waals surface area contributed by atoms with Crippen LogP contribution in [0.4, 0.5) is 4.39 Å². The van der Waals surface area contributed by atoms with Crippen LogP contribution in [0.25, 0.3) is 0 Å². The topological polar surface area (TPSA) is 34.1 Å². The maximum atomic E-state index is 13.9. The summed E-state index contributed by atoms with van der Waals surface area (Å²) in [4.78, 5) is 4.07. The van der Waals surface area contributed by atoms with E-state index < -0.39 is 0 Å². The zero-order valence-electron chi connectivity index (χ0n) is 11.1. The molecule has 4 heteroatoms. The molecule has 0 aliphatic rings. The smallest absolute Gasteiger partial charge is 0.169 e. The van der Waals surface area contributed by atoms with Gasteiger partial charge in [0.2, 0.25) is 0 Å². The van der Waals surface area contributed by atoms with E-state index in [9.17, 15) is 4.39 Å². The van der Waals surface area contributed by atoms with Gasteiger partial charge in [0.05, 0.1) is 7.11 Å². The third kappa shape index (κ3) is 3.29. The Morgan fingerprint density at radius 2 is 2.16 bits per heavy atom. The molecule has 19 heavy (non-hydrogen) atoms. The van der Waals surface area contributed by atoms with Crippen LogP contribution in [0.1, 0.15) is 24.1 Å². The van der Waals surface area contributed by atoms with E-state index in [1.54, 1.807) is 30.6 Å². The second-order valence-corrected chi connectivity index (χ2v) is 4.32. The van der Waals surface area contributed by atoms with Crippen molar-refractivity contribution in [3.05, 3.63) is 59.7 Å². The lowest BCUT2D eigenvalue weighted by molar-refractivity contribution is 0.382. The average Bonchev–Trinajstić information content (AvgIpc) is 2.47.